The van der Waals surface area contributed by atoms with Gasteiger partial charge in [-0.15, -0.1) is 0 Å². The summed E-state index contributed by atoms with van der Waals surface area (Å²) in [5, 5.41) is 0. The van der Waals surface area contributed by atoms with E-state index in [-0.39, 0.29) is 0 Å². The van der Waals surface area contributed by atoms with Gasteiger partial charge in [-0.3, -0.25) is 4.90 Å². The number of nitrogens with zero attached hydrogens (tertiary/aromatic N) is 1. The fraction of sp³-hybridized carbons (Fsp3) is 1.00. The zero-order chi connectivity index (χ0) is 12.4. The van der Waals surface area contributed by atoms with Crippen LogP contribution in [-0.2, 0) is 0 Å². The summed E-state index contributed by atoms with van der Waals surface area (Å²) < 4.78 is 0. The molecule has 98 valence electrons. The van der Waals surface area contributed by atoms with Crippen LogP contribution in [0.25, 0.3) is 0 Å². The molecule has 0 radical (unpaired) electrons. The standard InChI is InChI=1S/C13H30N2S/c1-5-12(6-2)11-15(7-3)13(10-14)8-9-16-4/h12-13H,5-11,14H2,1-4H3. The Morgan fingerprint density at radius 3 is 2.19 bits per heavy atom. The second kappa shape index (κ2) is 10.4. The van der Waals surface area contributed by atoms with Crippen molar-refractivity contribution >= 4 is 11.8 Å². The monoisotopic (exact) mass is 246 g/mol. The maximum Gasteiger partial charge on any atom is 0.0226 e. The average Bonchev–Trinajstić information content (AvgIpc) is 2.33. The molecule has 0 amide bonds. The third-order valence-electron chi connectivity index (χ3n) is 3.50. The van der Waals surface area contributed by atoms with Gasteiger partial charge in [-0.05, 0) is 30.9 Å². The van der Waals surface area contributed by atoms with E-state index in [1.807, 2.05) is 11.8 Å². The van der Waals surface area contributed by atoms with Crippen molar-refractivity contribution in [3.63, 3.8) is 0 Å². The molecule has 0 aromatic rings. The highest BCUT2D eigenvalue weighted by molar-refractivity contribution is 7.98. The Balaban J connectivity index is 4.19. The van der Waals surface area contributed by atoms with Crippen molar-refractivity contribution in [2.45, 2.75) is 46.1 Å². The van der Waals surface area contributed by atoms with E-state index in [1.165, 1.54) is 31.6 Å². The van der Waals surface area contributed by atoms with Crippen molar-refractivity contribution in [2.24, 2.45) is 11.7 Å². The molecule has 0 spiro atoms. The lowest BCUT2D eigenvalue weighted by molar-refractivity contribution is 0.170. The maximum absolute atomic E-state index is 5.90. The lowest BCUT2D eigenvalue weighted by atomic mass is 10.0. The minimum absolute atomic E-state index is 0.582. The summed E-state index contributed by atoms with van der Waals surface area (Å²) in [5.41, 5.74) is 5.90. The van der Waals surface area contributed by atoms with Crippen LogP contribution in [0.3, 0.4) is 0 Å². The highest BCUT2D eigenvalue weighted by atomic mass is 32.2. The average molecular weight is 246 g/mol. The van der Waals surface area contributed by atoms with Crippen LogP contribution in [0.2, 0.25) is 0 Å². The maximum atomic E-state index is 5.90. The smallest absolute Gasteiger partial charge is 0.0226 e. The van der Waals surface area contributed by atoms with Crippen molar-refractivity contribution in [3.05, 3.63) is 0 Å². The lowest BCUT2D eigenvalue weighted by Gasteiger charge is -2.32. The molecule has 0 bridgehead atoms. The zero-order valence-corrected chi connectivity index (χ0v) is 12.4. The van der Waals surface area contributed by atoms with E-state index >= 15 is 0 Å². The van der Waals surface area contributed by atoms with Gasteiger partial charge in [0.05, 0.1) is 0 Å². The molecule has 0 saturated carbocycles. The van der Waals surface area contributed by atoms with E-state index in [0.29, 0.717) is 6.04 Å². The fourth-order valence-corrected chi connectivity index (χ4v) is 2.63. The zero-order valence-electron chi connectivity index (χ0n) is 11.5. The molecule has 2 nitrogen and oxygen atoms in total. The molecule has 0 rings (SSSR count). The largest absolute Gasteiger partial charge is 0.329 e. The molecule has 0 aliphatic carbocycles. The van der Waals surface area contributed by atoms with Gasteiger partial charge in [0.2, 0.25) is 0 Å². The van der Waals surface area contributed by atoms with E-state index in [0.717, 1.165) is 19.0 Å². The highest BCUT2D eigenvalue weighted by Gasteiger charge is 2.17. The van der Waals surface area contributed by atoms with Crippen molar-refractivity contribution in [3.8, 4) is 0 Å². The topological polar surface area (TPSA) is 29.3 Å². The van der Waals surface area contributed by atoms with Gasteiger partial charge in [-0.2, -0.15) is 11.8 Å². The number of nitrogens with two attached hydrogens (primary N) is 1. The molecule has 0 fully saturated rings. The van der Waals surface area contributed by atoms with Gasteiger partial charge in [0.15, 0.2) is 0 Å². The van der Waals surface area contributed by atoms with Crippen LogP contribution in [0, 0.1) is 5.92 Å². The van der Waals surface area contributed by atoms with Gasteiger partial charge in [0.1, 0.15) is 0 Å². The van der Waals surface area contributed by atoms with Crippen LogP contribution in [0.5, 0.6) is 0 Å². The molecule has 3 heteroatoms. The predicted octanol–water partition coefficient (Wildman–Crippen LogP) is 2.82. The molecule has 2 N–H and O–H groups in total. The van der Waals surface area contributed by atoms with Crippen LogP contribution >= 0.6 is 11.8 Å². The van der Waals surface area contributed by atoms with Gasteiger partial charge in [0, 0.05) is 19.1 Å². The quantitative estimate of drug-likeness (QED) is 0.643. The molecule has 0 aliphatic heterocycles. The van der Waals surface area contributed by atoms with Crippen LogP contribution in [0.15, 0.2) is 0 Å². The lowest BCUT2D eigenvalue weighted by Crippen LogP contribution is -2.43. The second-order valence-electron chi connectivity index (χ2n) is 4.44. The first-order chi connectivity index (χ1) is 7.73. The van der Waals surface area contributed by atoms with Gasteiger partial charge in [0.25, 0.3) is 0 Å². The van der Waals surface area contributed by atoms with Crippen molar-refractivity contribution in [1.82, 2.24) is 4.90 Å². The summed E-state index contributed by atoms with van der Waals surface area (Å²) in [6.07, 6.45) is 5.97. The normalized spacial score (nSPS) is 13.7. The summed E-state index contributed by atoms with van der Waals surface area (Å²) in [5.74, 6) is 2.06. The van der Waals surface area contributed by atoms with Gasteiger partial charge >= 0.3 is 0 Å². The Morgan fingerprint density at radius 1 is 1.19 bits per heavy atom. The highest BCUT2D eigenvalue weighted by Crippen LogP contribution is 2.14. The molecule has 0 aromatic heterocycles. The summed E-state index contributed by atoms with van der Waals surface area (Å²) in [4.78, 5) is 2.58. The molecule has 0 aliphatic rings. The minimum Gasteiger partial charge on any atom is -0.329 e. The van der Waals surface area contributed by atoms with Crippen LogP contribution in [0.1, 0.15) is 40.0 Å². The van der Waals surface area contributed by atoms with Crippen molar-refractivity contribution in [1.29, 1.82) is 0 Å². The molecule has 1 atom stereocenters. The minimum atomic E-state index is 0.582. The third-order valence-corrected chi connectivity index (χ3v) is 4.14. The predicted molar refractivity (Wildman–Crippen MR) is 77.2 cm³/mol. The van der Waals surface area contributed by atoms with E-state index < -0.39 is 0 Å². The number of thioether (sulfide) groups is 1. The summed E-state index contributed by atoms with van der Waals surface area (Å²) >= 11 is 1.92. The number of hydrogen-bond acceptors (Lipinski definition) is 3. The SMILES string of the molecule is CCC(CC)CN(CC)C(CN)CCSC. The van der Waals surface area contributed by atoms with Gasteiger partial charge < -0.3 is 5.73 Å². The summed E-state index contributed by atoms with van der Waals surface area (Å²) in [6, 6.07) is 0.582. The van der Waals surface area contributed by atoms with Gasteiger partial charge in [-0.1, -0.05) is 33.6 Å². The first-order valence-corrected chi connectivity index (χ1v) is 8.05. The van der Waals surface area contributed by atoms with E-state index in [1.54, 1.807) is 0 Å². The Hall–Kier alpha value is 0.270. The summed E-state index contributed by atoms with van der Waals surface area (Å²) in [6.45, 7) is 9.99. The number of rotatable bonds is 10. The number of hydrogen-bond donors (Lipinski definition) is 1. The molecular weight excluding hydrogens is 216 g/mol. The molecule has 16 heavy (non-hydrogen) atoms. The van der Waals surface area contributed by atoms with Crippen LogP contribution < -0.4 is 5.73 Å². The Labute approximate surface area is 106 Å². The number of likely N-dealkylation sites (N-methyl/N-ethyl adjacent to an activating group) is 1. The first-order valence-electron chi connectivity index (χ1n) is 6.66. The molecule has 0 heterocycles. The Morgan fingerprint density at radius 2 is 1.81 bits per heavy atom. The molecule has 1 unspecified atom stereocenters. The van der Waals surface area contributed by atoms with Crippen LogP contribution in [0.4, 0.5) is 0 Å². The van der Waals surface area contributed by atoms with Crippen LogP contribution in [-0.4, -0.2) is 42.6 Å². The van der Waals surface area contributed by atoms with Gasteiger partial charge in [-0.25, -0.2) is 0 Å². The van der Waals surface area contributed by atoms with E-state index in [9.17, 15) is 0 Å². The van der Waals surface area contributed by atoms with E-state index in [2.05, 4.69) is 31.9 Å². The molecule has 0 saturated heterocycles. The van der Waals surface area contributed by atoms with Crippen molar-refractivity contribution < 1.29 is 0 Å². The van der Waals surface area contributed by atoms with E-state index in [4.69, 9.17) is 5.73 Å². The Bertz CT molecular complexity index is 149. The Kier molecular flexibility index (Phi) is 10.6. The molecular formula is C13H30N2S. The van der Waals surface area contributed by atoms with Crippen molar-refractivity contribution in [2.75, 3.05) is 31.6 Å². The second-order valence-corrected chi connectivity index (χ2v) is 5.43. The third kappa shape index (κ3) is 6.12. The fourth-order valence-electron chi connectivity index (χ4n) is 2.12. The first kappa shape index (κ1) is 16.3. The summed E-state index contributed by atoms with van der Waals surface area (Å²) in [7, 11) is 0. The molecule has 0 aromatic carbocycles.